The number of phenols is 2. The normalized spacial score (nSPS) is 20.3. The number of methoxy groups -OCH3 is 1. The van der Waals surface area contributed by atoms with E-state index in [-0.39, 0.29) is 47.7 Å². The Morgan fingerprint density at radius 3 is 2.45 bits per heavy atom. The molecule has 0 saturated heterocycles. The van der Waals surface area contributed by atoms with Gasteiger partial charge in [-0.3, -0.25) is 14.4 Å². The van der Waals surface area contributed by atoms with E-state index < -0.39 is 18.1 Å². The van der Waals surface area contributed by atoms with Crippen LogP contribution >= 0.6 is 0 Å². The summed E-state index contributed by atoms with van der Waals surface area (Å²) in [6, 6.07) is 18.2. The molecule has 7 rings (SSSR count). The number of fused-ring (bicyclic) bond motifs is 3. The van der Waals surface area contributed by atoms with Crippen molar-refractivity contribution in [3.05, 3.63) is 131 Å². The van der Waals surface area contributed by atoms with Gasteiger partial charge >= 0.3 is 5.97 Å². The van der Waals surface area contributed by atoms with Gasteiger partial charge in [0.05, 0.1) is 18.8 Å². The van der Waals surface area contributed by atoms with E-state index in [4.69, 9.17) is 9.47 Å². The van der Waals surface area contributed by atoms with Crippen molar-refractivity contribution in [1.82, 2.24) is 14.9 Å². The van der Waals surface area contributed by atoms with Gasteiger partial charge in [0.1, 0.15) is 29.2 Å². The van der Waals surface area contributed by atoms with Crippen molar-refractivity contribution in [3.63, 3.8) is 0 Å². The van der Waals surface area contributed by atoms with Gasteiger partial charge in [-0.05, 0) is 103 Å². The van der Waals surface area contributed by atoms with Crippen molar-refractivity contribution < 1.29 is 34.1 Å². The van der Waals surface area contributed by atoms with E-state index in [0.717, 1.165) is 58.2 Å². The maximum absolute atomic E-state index is 14.2. The maximum atomic E-state index is 14.2. The number of carbonyl (C=O) groups excluding carboxylic acids is 3. The fourth-order valence-electron chi connectivity index (χ4n) is 8.85. The van der Waals surface area contributed by atoms with Gasteiger partial charge in [-0.25, -0.2) is 0 Å². The zero-order valence-corrected chi connectivity index (χ0v) is 34.9. The van der Waals surface area contributed by atoms with Crippen molar-refractivity contribution in [3.8, 4) is 17.2 Å². The van der Waals surface area contributed by atoms with E-state index in [0.29, 0.717) is 38.1 Å². The van der Waals surface area contributed by atoms with E-state index in [2.05, 4.69) is 58.8 Å². The van der Waals surface area contributed by atoms with Crippen molar-refractivity contribution in [1.29, 1.82) is 0 Å². The van der Waals surface area contributed by atoms with E-state index >= 15 is 0 Å². The quantitative estimate of drug-likeness (QED) is 0.113. The Kier molecular flexibility index (Phi) is 13.1. The minimum atomic E-state index is -0.578. The molecule has 0 aliphatic carbocycles. The van der Waals surface area contributed by atoms with Crippen LogP contribution in [0.5, 0.6) is 17.2 Å². The molecule has 5 aromatic rings. The van der Waals surface area contributed by atoms with E-state index in [1.807, 2.05) is 41.2 Å². The number of H-pyrrole nitrogens is 1. The molecule has 0 radical (unpaired) electrons. The Morgan fingerprint density at radius 2 is 1.70 bits per heavy atom. The fraction of sp³-hybridized carbons (Fsp3) is 0.367. The van der Waals surface area contributed by atoms with Gasteiger partial charge in [-0.1, -0.05) is 49.8 Å². The number of benzene rings is 3. The number of ether oxygens (including phenoxy) is 2. The Bertz CT molecular complexity index is 2410. The molecule has 0 amide bonds. The van der Waals surface area contributed by atoms with Crippen LogP contribution < -0.4 is 15.0 Å². The Hall–Kier alpha value is -6.23. The largest absolute Gasteiger partial charge is 0.508 e. The predicted molar refractivity (Wildman–Crippen MR) is 233 cm³/mol. The van der Waals surface area contributed by atoms with Crippen LogP contribution in [0.1, 0.15) is 93.5 Å². The summed E-state index contributed by atoms with van der Waals surface area (Å²) in [6.45, 7) is 6.16. The number of ketones is 2. The van der Waals surface area contributed by atoms with Crippen LogP contribution in [0.3, 0.4) is 0 Å². The third-order valence-electron chi connectivity index (χ3n) is 12.0. The lowest BCUT2D eigenvalue weighted by Gasteiger charge is -2.32. The number of esters is 1. The zero-order chi connectivity index (χ0) is 42.3. The molecular formula is C49H56N4O7. The SMILES string of the molecule is CCC1CCC(OC(C)=O)CC(=O)CC(c2ccc(O)c(OC)c2)n2cc3cccc(c3c2)N(CCC(C)=O)C2=CC(=CCN2)C(c2cccc(O)c2)Cc2c[nH]cc2C1. The number of carbonyl (C=O) groups is 3. The summed E-state index contributed by atoms with van der Waals surface area (Å²) in [5, 5.41) is 26.7. The summed E-state index contributed by atoms with van der Waals surface area (Å²) in [4.78, 5) is 44.8. The van der Waals surface area contributed by atoms with Crippen LogP contribution in [0.15, 0.2) is 109 Å². The van der Waals surface area contributed by atoms with Crippen LogP contribution in [0.4, 0.5) is 5.69 Å². The van der Waals surface area contributed by atoms with Crippen LogP contribution in [-0.4, -0.2) is 63.6 Å². The van der Waals surface area contributed by atoms with Crippen LogP contribution in [0, 0.1) is 5.92 Å². The molecule has 2 aliphatic heterocycles. The highest BCUT2D eigenvalue weighted by molar-refractivity contribution is 5.95. The van der Waals surface area contributed by atoms with Crippen molar-refractivity contribution in [2.24, 2.45) is 5.92 Å². The molecule has 314 valence electrons. The number of dihydropyridines is 1. The van der Waals surface area contributed by atoms with Gasteiger partial charge < -0.3 is 39.5 Å². The molecule has 60 heavy (non-hydrogen) atoms. The summed E-state index contributed by atoms with van der Waals surface area (Å²) in [5.41, 5.74) is 6.16. The molecule has 3 aromatic carbocycles. The highest BCUT2D eigenvalue weighted by Gasteiger charge is 2.28. The number of hydrogen-bond acceptors (Lipinski definition) is 9. The van der Waals surface area contributed by atoms with Crippen molar-refractivity contribution in [2.75, 3.05) is 25.1 Å². The highest BCUT2D eigenvalue weighted by Crippen LogP contribution is 2.39. The molecule has 4 atom stereocenters. The minimum absolute atomic E-state index is 0.00325. The summed E-state index contributed by atoms with van der Waals surface area (Å²) in [6.07, 6.45) is 16.3. The van der Waals surface area contributed by atoms with Crippen LogP contribution in [0.25, 0.3) is 10.8 Å². The average molecular weight is 813 g/mol. The van der Waals surface area contributed by atoms with Gasteiger partial charge in [0.2, 0.25) is 0 Å². The van der Waals surface area contributed by atoms with Crippen LogP contribution in [-0.2, 0) is 32.0 Å². The summed E-state index contributed by atoms with van der Waals surface area (Å²) in [5.74, 6) is 1.15. The first kappa shape index (κ1) is 41.9. The van der Waals surface area contributed by atoms with Gasteiger partial charge in [0, 0.05) is 80.8 Å². The molecule has 2 aliphatic rings. The fourth-order valence-corrected chi connectivity index (χ4v) is 8.85. The number of hydrogen-bond donors (Lipinski definition) is 4. The first-order chi connectivity index (χ1) is 29.0. The van der Waals surface area contributed by atoms with Crippen molar-refractivity contribution >= 4 is 34.0 Å². The Morgan fingerprint density at radius 1 is 0.900 bits per heavy atom. The maximum Gasteiger partial charge on any atom is 0.302 e. The lowest BCUT2D eigenvalue weighted by molar-refractivity contribution is -0.148. The van der Waals surface area contributed by atoms with Gasteiger partial charge in [-0.15, -0.1) is 0 Å². The molecular weight excluding hydrogens is 757 g/mol. The molecule has 0 fully saturated rings. The number of phenolic OH excluding ortho intramolecular Hbond substituents is 2. The summed E-state index contributed by atoms with van der Waals surface area (Å²) >= 11 is 0. The molecule has 11 nitrogen and oxygen atoms in total. The second kappa shape index (κ2) is 18.8. The third kappa shape index (κ3) is 9.79. The molecule has 4 N–H and O–H groups in total. The highest BCUT2D eigenvalue weighted by atomic mass is 16.5. The minimum Gasteiger partial charge on any atom is -0.508 e. The monoisotopic (exact) mass is 812 g/mol. The molecule has 0 spiro atoms. The topological polar surface area (TPSA) is 146 Å². The second-order valence-electron chi connectivity index (χ2n) is 16.2. The number of aromatic hydroxyl groups is 2. The number of Topliss-reactive ketones (excluding diaryl/α,β-unsaturated/α-hetero) is 2. The number of aromatic amines is 1. The number of nitrogens with one attached hydrogen (secondary N) is 2. The zero-order valence-electron chi connectivity index (χ0n) is 34.9. The standard InChI is InChI=1S/C49H56N4O7/c1-5-33-12-14-42(60-32(3)55)25-41(57)26-46(36-13-15-47(58)48(23-36)59-4)52-29-37-9-7-11-45(44(37)30-52)53(19-17-31(2)54)49-24-35(16-18-51-49)43(34-8-6-10-40(56)21-34)22-39-28-50-27-38(39)20-33/h6-11,13,15-16,21,23-24,27-30,33,42-43,46,50-51,56,58H,5,12,14,17-20,22,25-26H2,1-4H3. The number of aromatic nitrogens is 2. The molecule has 4 unspecified atom stereocenters. The molecule has 0 saturated carbocycles. The number of allylic oxidation sites excluding steroid dienone is 2. The smallest absolute Gasteiger partial charge is 0.302 e. The number of rotatable bonds is 8. The first-order valence-electron chi connectivity index (χ1n) is 21.0. The third-order valence-corrected chi connectivity index (χ3v) is 12.0. The molecule has 11 heteroatoms. The summed E-state index contributed by atoms with van der Waals surface area (Å²) < 4.78 is 13.4. The van der Waals surface area contributed by atoms with Gasteiger partial charge in [0.15, 0.2) is 11.5 Å². The first-order valence-corrected chi connectivity index (χ1v) is 21.0. The molecule has 4 heterocycles. The number of nitrogens with zero attached hydrogens (tertiary/aromatic N) is 2. The predicted octanol–water partition coefficient (Wildman–Crippen LogP) is 8.81. The van der Waals surface area contributed by atoms with E-state index in [9.17, 15) is 24.6 Å². The molecule has 4 bridgehead atoms. The lowest BCUT2D eigenvalue weighted by atomic mass is 9.82. The van der Waals surface area contributed by atoms with E-state index in [1.165, 1.54) is 25.2 Å². The van der Waals surface area contributed by atoms with Crippen LogP contribution in [0.2, 0.25) is 0 Å². The second-order valence-corrected chi connectivity index (χ2v) is 16.2. The Balaban J connectivity index is 1.39. The van der Waals surface area contributed by atoms with Gasteiger partial charge in [0.25, 0.3) is 0 Å². The van der Waals surface area contributed by atoms with Gasteiger partial charge in [-0.2, -0.15) is 0 Å². The molecule has 2 aromatic heterocycles. The van der Waals surface area contributed by atoms with E-state index in [1.54, 1.807) is 31.2 Å². The number of anilines is 1. The average Bonchev–Trinajstić information content (AvgIpc) is 3.87. The Labute approximate surface area is 351 Å². The van der Waals surface area contributed by atoms with Crippen molar-refractivity contribution in [2.45, 2.75) is 90.2 Å². The summed E-state index contributed by atoms with van der Waals surface area (Å²) in [7, 11) is 1.50. The lowest BCUT2D eigenvalue weighted by Crippen LogP contribution is -2.35.